The lowest BCUT2D eigenvalue weighted by molar-refractivity contribution is -0.138. The maximum Gasteiger partial charge on any atom is 0.417 e. The van der Waals surface area contributed by atoms with Gasteiger partial charge in [0.1, 0.15) is 11.5 Å². The molecule has 0 fully saturated rings. The van der Waals surface area contributed by atoms with Gasteiger partial charge in [-0.25, -0.2) is 0 Å². The second-order valence-electron chi connectivity index (χ2n) is 5.37. The third kappa shape index (κ3) is 5.94. The zero-order valence-electron chi connectivity index (χ0n) is 13.9. The molecule has 0 aliphatic heterocycles. The Labute approximate surface area is 157 Å². The Morgan fingerprint density at radius 1 is 1.12 bits per heavy atom. The van der Waals surface area contributed by atoms with Crippen LogP contribution >= 0.6 is 15.9 Å². The Hall–Kier alpha value is -2.22. The van der Waals surface area contributed by atoms with E-state index in [9.17, 15) is 18.0 Å². The van der Waals surface area contributed by atoms with Crippen molar-refractivity contribution in [2.24, 2.45) is 0 Å². The molecular weight excluding hydrogens is 415 g/mol. The number of amides is 1. The molecule has 2 aromatic rings. The normalized spacial score (nSPS) is 11.1. The Morgan fingerprint density at radius 2 is 1.77 bits per heavy atom. The minimum Gasteiger partial charge on any atom is -0.497 e. The SMILES string of the molecule is COc1ccc(OCCCC(=O)Nc2ccc(Br)c(C(F)(F)F)c2)cc1. The summed E-state index contributed by atoms with van der Waals surface area (Å²) in [7, 11) is 1.57. The highest BCUT2D eigenvalue weighted by Gasteiger charge is 2.33. The summed E-state index contributed by atoms with van der Waals surface area (Å²) < 4.78 is 49.0. The van der Waals surface area contributed by atoms with Gasteiger partial charge in [0.15, 0.2) is 0 Å². The lowest BCUT2D eigenvalue weighted by atomic mass is 10.2. The Kier molecular flexibility index (Phi) is 6.90. The van der Waals surface area contributed by atoms with Crippen LogP contribution in [0, 0.1) is 0 Å². The third-order valence-electron chi connectivity index (χ3n) is 3.43. The van der Waals surface area contributed by atoms with Crippen molar-refractivity contribution < 1.29 is 27.4 Å². The van der Waals surface area contributed by atoms with Crippen LogP contribution in [0.15, 0.2) is 46.9 Å². The van der Waals surface area contributed by atoms with E-state index in [1.807, 2.05) is 0 Å². The molecule has 26 heavy (non-hydrogen) atoms. The minimum atomic E-state index is -4.49. The van der Waals surface area contributed by atoms with Crippen LogP contribution in [-0.2, 0) is 11.0 Å². The topological polar surface area (TPSA) is 47.6 Å². The smallest absolute Gasteiger partial charge is 0.417 e. The second kappa shape index (κ2) is 8.93. The van der Waals surface area contributed by atoms with Crippen molar-refractivity contribution in [1.82, 2.24) is 0 Å². The van der Waals surface area contributed by atoms with Crippen molar-refractivity contribution in [2.75, 3.05) is 19.0 Å². The number of ether oxygens (including phenoxy) is 2. The molecule has 0 unspecified atom stereocenters. The zero-order chi connectivity index (χ0) is 19.2. The average Bonchev–Trinajstić information content (AvgIpc) is 2.60. The molecule has 140 valence electrons. The number of carbonyl (C=O) groups is 1. The van der Waals surface area contributed by atoms with E-state index in [-0.39, 0.29) is 22.5 Å². The number of benzene rings is 2. The summed E-state index contributed by atoms with van der Waals surface area (Å²) in [4.78, 5) is 11.9. The van der Waals surface area contributed by atoms with Gasteiger partial charge in [-0.15, -0.1) is 0 Å². The molecule has 0 heterocycles. The lowest BCUT2D eigenvalue weighted by Crippen LogP contribution is -2.14. The Morgan fingerprint density at radius 3 is 2.38 bits per heavy atom. The molecule has 1 N–H and O–H groups in total. The van der Waals surface area contributed by atoms with Crippen LogP contribution in [0.5, 0.6) is 11.5 Å². The zero-order valence-corrected chi connectivity index (χ0v) is 15.5. The van der Waals surface area contributed by atoms with Crippen LogP contribution in [0.3, 0.4) is 0 Å². The van der Waals surface area contributed by atoms with Crippen molar-refractivity contribution in [3.63, 3.8) is 0 Å². The van der Waals surface area contributed by atoms with Gasteiger partial charge in [0.05, 0.1) is 19.3 Å². The fraction of sp³-hybridized carbons (Fsp3) is 0.278. The molecule has 0 spiro atoms. The molecule has 0 atom stereocenters. The first-order chi connectivity index (χ1) is 12.3. The largest absolute Gasteiger partial charge is 0.497 e. The summed E-state index contributed by atoms with van der Waals surface area (Å²) in [6.07, 6.45) is -3.93. The first-order valence-corrected chi connectivity index (χ1v) is 8.52. The number of rotatable bonds is 7. The van der Waals surface area contributed by atoms with Gasteiger partial charge in [-0.2, -0.15) is 13.2 Å². The molecular formula is C18H17BrF3NO3. The van der Waals surface area contributed by atoms with E-state index in [1.54, 1.807) is 31.4 Å². The number of anilines is 1. The molecule has 1 amide bonds. The molecule has 0 aliphatic rings. The molecule has 0 saturated heterocycles. The van der Waals surface area contributed by atoms with E-state index < -0.39 is 11.7 Å². The predicted octanol–water partition coefficient (Wildman–Crippen LogP) is 5.27. The standard InChI is InChI=1S/C18H17BrF3NO3/c1-25-13-5-7-14(8-6-13)26-10-2-3-17(24)23-12-4-9-16(19)15(11-12)18(20,21)22/h4-9,11H,2-3,10H2,1H3,(H,23,24). The molecule has 0 aliphatic carbocycles. The van der Waals surface area contributed by atoms with Gasteiger partial charge in [-0.3, -0.25) is 4.79 Å². The number of halogens is 4. The van der Waals surface area contributed by atoms with Crippen LogP contribution in [-0.4, -0.2) is 19.6 Å². The maximum atomic E-state index is 12.9. The van der Waals surface area contributed by atoms with Crippen LogP contribution in [0.2, 0.25) is 0 Å². The molecule has 0 bridgehead atoms. The van der Waals surface area contributed by atoms with Crippen molar-refractivity contribution in [3.05, 3.63) is 52.5 Å². The van der Waals surface area contributed by atoms with Gasteiger partial charge >= 0.3 is 6.18 Å². The highest BCUT2D eigenvalue weighted by molar-refractivity contribution is 9.10. The van der Waals surface area contributed by atoms with Gasteiger partial charge < -0.3 is 14.8 Å². The summed E-state index contributed by atoms with van der Waals surface area (Å²) in [6, 6.07) is 10.6. The Bertz CT molecular complexity index is 748. The van der Waals surface area contributed by atoms with Crippen molar-refractivity contribution >= 4 is 27.5 Å². The van der Waals surface area contributed by atoms with Crippen LogP contribution in [0.1, 0.15) is 18.4 Å². The summed E-state index contributed by atoms with van der Waals surface area (Å²) in [5.74, 6) is 0.983. The number of hydrogen-bond donors (Lipinski definition) is 1. The quantitative estimate of drug-likeness (QED) is 0.607. The van der Waals surface area contributed by atoms with Gasteiger partial charge in [0, 0.05) is 16.6 Å². The molecule has 8 heteroatoms. The number of hydrogen-bond acceptors (Lipinski definition) is 3. The molecule has 2 aromatic carbocycles. The van der Waals surface area contributed by atoms with Crippen LogP contribution in [0.25, 0.3) is 0 Å². The summed E-state index contributed by atoms with van der Waals surface area (Å²) in [6.45, 7) is 0.313. The minimum absolute atomic E-state index is 0.0732. The van der Waals surface area contributed by atoms with E-state index in [0.29, 0.717) is 24.5 Å². The van der Waals surface area contributed by atoms with E-state index in [1.165, 1.54) is 12.1 Å². The van der Waals surface area contributed by atoms with Gasteiger partial charge in [-0.1, -0.05) is 15.9 Å². The fourth-order valence-electron chi connectivity index (χ4n) is 2.14. The number of methoxy groups -OCH3 is 1. The summed E-state index contributed by atoms with van der Waals surface area (Å²) in [5.41, 5.74) is -0.736. The predicted molar refractivity (Wildman–Crippen MR) is 95.5 cm³/mol. The molecule has 0 radical (unpaired) electrons. The van der Waals surface area contributed by atoms with Crippen LogP contribution < -0.4 is 14.8 Å². The fourth-order valence-corrected chi connectivity index (χ4v) is 2.61. The maximum absolute atomic E-state index is 12.9. The highest BCUT2D eigenvalue weighted by atomic mass is 79.9. The van der Waals surface area contributed by atoms with Crippen molar-refractivity contribution in [1.29, 1.82) is 0 Å². The van der Waals surface area contributed by atoms with E-state index in [4.69, 9.17) is 9.47 Å². The molecule has 2 rings (SSSR count). The summed E-state index contributed by atoms with van der Waals surface area (Å²) in [5, 5.41) is 2.46. The first kappa shape index (κ1) is 20.1. The van der Waals surface area contributed by atoms with Gasteiger partial charge in [0.2, 0.25) is 5.91 Å². The second-order valence-corrected chi connectivity index (χ2v) is 6.22. The van der Waals surface area contributed by atoms with E-state index in [0.717, 1.165) is 6.07 Å². The molecule has 0 aromatic heterocycles. The lowest BCUT2D eigenvalue weighted by Gasteiger charge is -2.12. The highest BCUT2D eigenvalue weighted by Crippen LogP contribution is 2.36. The van der Waals surface area contributed by atoms with Gasteiger partial charge in [-0.05, 0) is 48.9 Å². The van der Waals surface area contributed by atoms with Crippen LogP contribution in [0.4, 0.5) is 18.9 Å². The van der Waals surface area contributed by atoms with Crippen molar-refractivity contribution in [2.45, 2.75) is 19.0 Å². The number of alkyl halides is 3. The third-order valence-corrected chi connectivity index (χ3v) is 4.12. The first-order valence-electron chi connectivity index (χ1n) is 7.73. The summed E-state index contributed by atoms with van der Waals surface area (Å²) >= 11 is 2.86. The van der Waals surface area contributed by atoms with Gasteiger partial charge in [0.25, 0.3) is 0 Å². The van der Waals surface area contributed by atoms with E-state index in [2.05, 4.69) is 21.2 Å². The van der Waals surface area contributed by atoms with Crippen molar-refractivity contribution in [3.8, 4) is 11.5 Å². The average molecular weight is 432 g/mol. The Balaban J connectivity index is 1.80. The molecule has 4 nitrogen and oxygen atoms in total. The van der Waals surface area contributed by atoms with E-state index >= 15 is 0 Å². The number of nitrogens with one attached hydrogen (secondary N) is 1. The molecule has 0 saturated carbocycles. The monoisotopic (exact) mass is 431 g/mol. The number of carbonyl (C=O) groups excluding carboxylic acids is 1.